The van der Waals surface area contributed by atoms with Crippen molar-refractivity contribution in [2.75, 3.05) is 38.7 Å². The minimum absolute atomic E-state index is 0.120. The summed E-state index contributed by atoms with van der Waals surface area (Å²) in [7, 11) is -2.16. The van der Waals surface area contributed by atoms with Gasteiger partial charge in [0.25, 0.3) is 5.91 Å². The van der Waals surface area contributed by atoms with Gasteiger partial charge in [-0.1, -0.05) is 0 Å². The summed E-state index contributed by atoms with van der Waals surface area (Å²) < 4.78 is 33.1. The van der Waals surface area contributed by atoms with Gasteiger partial charge in [-0.2, -0.15) is 4.31 Å². The second kappa shape index (κ2) is 9.39. The summed E-state index contributed by atoms with van der Waals surface area (Å²) in [5.41, 5.74) is 0.956. The van der Waals surface area contributed by atoms with Crippen LogP contribution in [0.15, 0.2) is 47.4 Å². The highest BCUT2D eigenvalue weighted by atomic mass is 127. The Kier molecular flexibility index (Phi) is 7.11. The molecule has 1 unspecified atom stereocenters. The molecule has 1 heterocycles. The molecule has 3 rings (SSSR count). The highest BCUT2D eigenvalue weighted by molar-refractivity contribution is 14.1. The first kappa shape index (κ1) is 22.0. The van der Waals surface area contributed by atoms with Gasteiger partial charge in [-0.3, -0.25) is 4.79 Å². The van der Waals surface area contributed by atoms with Gasteiger partial charge in [-0.05, 0) is 65.1 Å². The largest absolute Gasteiger partial charge is 0.496 e. The molecule has 2 aromatic rings. The van der Waals surface area contributed by atoms with Crippen molar-refractivity contribution in [3.05, 3.63) is 51.6 Å². The molecule has 1 amide bonds. The standard InChI is InChI=1S/C19H22IN3O5S/c1-28-18-7-2-13(10-17(18)20)19(25)22-14-3-5-16(6-4-14)29(26,27)23-9-8-21-11-15(23)12-24/h2-7,10,15,21,24H,8-9,11-12H2,1H3,(H,22,25). The molecule has 8 nitrogen and oxygen atoms in total. The van der Waals surface area contributed by atoms with E-state index in [0.29, 0.717) is 36.6 Å². The van der Waals surface area contributed by atoms with Crippen molar-refractivity contribution in [3.8, 4) is 5.75 Å². The van der Waals surface area contributed by atoms with Gasteiger partial charge in [-0.15, -0.1) is 0 Å². The summed E-state index contributed by atoms with van der Waals surface area (Å²) in [6.07, 6.45) is 0. The summed E-state index contributed by atoms with van der Waals surface area (Å²) in [5.74, 6) is 0.384. The first-order valence-electron chi connectivity index (χ1n) is 8.95. The molecule has 1 atom stereocenters. The Morgan fingerprint density at radius 2 is 2.03 bits per heavy atom. The third-order valence-electron chi connectivity index (χ3n) is 4.64. The fraction of sp³-hybridized carbons (Fsp3) is 0.316. The number of piperazine rings is 1. The van der Waals surface area contributed by atoms with Crippen LogP contribution in [0.25, 0.3) is 0 Å². The van der Waals surface area contributed by atoms with Gasteiger partial charge in [0.2, 0.25) is 10.0 Å². The predicted octanol–water partition coefficient (Wildman–Crippen LogP) is 1.51. The van der Waals surface area contributed by atoms with Crippen molar-refractivity contribution < 1.29 is 23.1 Å². The van der Waals surface area contributed by atoms with E-state index in [0.717, 1.165) is 3.57 Å². The van der Waals surface area contributed by atoms with Crippen LogP contribution in [0.4, 0.5) is 5.69 Å². The predicted molar refractivity (Wildman–Crippen MR) is 118 cm³/mol. The Morgan fingerprint density at radius 1 is 1.31 bits per heavy atom. The lowest BCUT2D eigenvalue weighted by Crippen LogP contribution is -2.54. The zero-order valence-corrected chi connectivity index (χ0v) is 18.7. The number of carbonyl (C=O) groups excluding carboxylic acids is 1. The molecule has 0 radical (unpaired) electrons. The van der Waals surface area contributed by atoms with E-state index >= 15 is 0 Å². The van der Waals surface area contributed by atoms with Crippen LogP contribution in [-0.4, -0.2) is 63.1 Å². The third kappa shape index (κ3) is 4.89. The van der Waals surface area contributed by atoms with Crippen molar-refractivity contribution in [1.29, 1.82) is 0 Å². The lowest BCUT2D eigenvalue weighted by atomic mass is 10.2. The number of halogens is 1. The molecule has 156 valence electrons. The van der Waals surface area contributed by atoms with Crippen LogP contribution in [0.2, 0.25) is 0 Å². The average molecular weight is 531 g/mol. The van der Waals surface area contributed by atoms with Crippen molar-refractivity contribution in [2.45, 2.75) is 10.9 Å². The number of ether oxygens (including phenoxy) is 1. The number of carbonyl (C=O) groups is 1. The lowest BCUT2D eigenvalue weighted by molar-refractivity contribution is 0.102. The lowest BCUT2D eigenvalue weighted by Gasteiger charge is -2.34. The fourth-order valence-corrected chi connectivity index (χ4v) is 5.42. The van der Waals surface area contributed by atoms with E-state index in [1.807, 2.05) is 0 Å². The van der Waals surface area contributed by atoms with E-state index in [1.54, 1.807) is 37.4 Å². The molecule has 0 spiro atoms. The van der Waals surface area contributed by atoms with E-state index < -0.39 is 16.1 Å². The smallest absolute Gasteiger partial charge is 0.255 e. The van der Waals surface area contributed by atoms with Crippen LogP contribution in [0.5, 0.6) is 5.75 Å². The average Bonchev–Trinajstić information content (AvgIpc) is 2.74. The molecule has 1 fully saturated rings. The maximum atomic E-state index is 12.9. The zero-order chi connectivity index (χ0) is 21.0. The van der Waals surface area contributed by atoms with Crippen LogP contribution in [0, 0.1) is 3.57 Å². The number of amides is 1. The fourth-order valence-electron chi connectivity index (χ4n) is 3.07. The number of methoxy groups -OCH3 is 1. The molecule has 1 aliphatic heterocycles. The SMILES string of the molecule is COc1ccc(C(=O)Nc2ccc(S(=O)(=O)N3CCNCC3CO)cc2)cc1I. The number of hydrogen-bond acceptors (Lipinski definition) is 6. The number of hydrogen-bond donors (Lipinski definition) is 3. The highest BCUT2D eigenvalue weighted by Crippen LogP contribution is 2.24. The van der Waals surface area contributed by atoms with Crippen LogP contribution < -0.4 is 15.4 Å². The minimum atomic E-state index is -3.73. The van der Waals surface area contributed by atoms with Crippen LogP contribution >= 0.6 is 22.6 Å². The monoisotopic (exact) mass is 531 g/mol. The van der Waals surface area contributed by atoms with Crippen molar-refractivity contribution in [1.82, 2.24) is 9.62 Å². The number of rotatable bonds is 6. The maximum Gasteiger partial charge on any atom is 0.255 e. The molecule has 1 aliphatic rings. The normalized spacial score (nSPS) is 17.7. The molecule has 2 aromatic carbocycles. The number of aliphatic hydroxyl groups excluding tert-OH is 1. The Labute approximate surface area is 183 Å². The van der Waals surface area contributed by atoms with E-state index in [-0.39, 0.29) is 17.4 Å². The van der Waals surface area contributed by atoms with Crippen molar-refractivity contribution >= 4 is 44.2 Å². The quantitative estimate of drug-likeness (QED) is 0.488. The number of sulfonamides is 1. The summed E-state index contributed by atoms with van der Waals surface area (Å²) >= 11 is 2.09. The molecular formula is C19H22IN3O5S. The highest BCUT2D eigenvalue weighted by Gasteiger charge is 2.33. The molecule has 0 aromatic heterocycles. The number of benzene rings is 2. The minimum Gasteiger partial charge on any atom is -0.496 e. The number of aliphatic hydroxyl groups is 1. The summed E-state index contributed by atoms with van der Waals surface area (Å²) in [5, 5.41) is 15.3. The van der Waals surface area contributed by atoms with E-state index in [1.165, 1.54) is 16.4 Å². The van der Waals surface area contributed by atoms with Crippen molar-refractivity contribution in [2.24, 2.45) is 0 Å². The number of anilines is 1. The zero-order valence-electron chi connectivity index (χ0n) is 15.8. The van der Waals surface area contributed by atoms with Gasteiger partial charge in [0, 0.05) is 30.9 Å². The van der Waals surface area contributed by atoms with Gasteiger partial charge >= 0.3 is 0 Å². The third-order valence-corrected chi connectivity index (χ3v) is 7.45. The molecular weight excluding hydrogens is 509 g/mol. The van der Waals surface area contributed by atoms with Crippen LogP contribution in [0.3, 0.4) is 0 Å². The summed E-state index contributed by atoms with van der Waals surface area (Å²) in [6, 6.07) is 10.6. The van der Waals surface area contributed by atoms with Gasteiger partial charge in [0.05, 0.1) is 28.2 Å². The maximum absolute atomic E-state index is 12.9. The Bertz CT molecular complexity index is 982. The first-order valence-corrected chi connectivity index (χ1v) is 11.5. The topological polar surface area (TPSA) is 108 Å². The van der Waals surface area contributed by atoms with E-state index in [9.17, 15) is 18.3 Å². The molecule has 0 bridgehead atoms. The first-order chi connectivity index (χ1) is 13.9. The second-order valence-corrected chi connectivity index (χ2v) is 9.54. The van der Waals surface area contributed by atoms with Gasteiger partial charge in [0.15, 0.2) is 0 Å². The van der Waals surface area contributed by atoms with Crippen LogP contribution in [0.1, 0.15) is 10.4 Å². The van der Waals surface area contributed by atoms with Crippen LogP contribution in [-0.2, 0) is 10.0 Å². The second-order valence-electron chi connectivity index (χ2n) is 6.48. The van der Waals surface area contributed by atoms with Gasteiger partial charge in [-0.25, -0.2) is 8.42 Å². The summed E-state index contributed by atoms with van der Waals surface area (Å²) in [4.78, 5) is 12.6. The van der Waals surface area contributed by atoms with Gasteiger partial charge in [0.1, 0.15) is 5.75 Å². The molecule has 1 saturated heterocycles. The van der Waals surface area contributed by atoms with Crippen molar-refractivity contribution in [3.63, 3.8) is 0 Å². The molecule has 0 aliphatic carbocycles. The van der Waals surface area contributed by atoms with E-state index in [4.69, 9.17) is 4.74 Å². The Morgan fingerprint density at radius 3 is 2.66 bits per heavy atom. The Hall–Kier alpha value is -1.73. The molecule has 3 N–H and O–H groups in total. The molecule has 29 heavy (non-hydrogen) atoms. The van der Waals surface area contributed by atoms with E-state index in [2.05, 4.69) is 33.2 Å². The molecule has 10 heteroatoms. The molecule has 0 saturated carbocycles. The number of nitrogens with zero attached hydrogens (tertiary/aromatic N) is 1. The number of nitrogens with one attached hydrogen (secondary N) is 2. The van der Waals surface area contributed by atoms with Gasteiger partial charge < -0.3 is 20.5 Å². The summed E-state index contributed by atoms with van der Waals surface area (Å²) in [6.45, 7) is 0.984. The Balaban J connectivity index is 1.74.